The summed E-state index contributed by atoms with van der Waals surface area (Å²) in [5.41, 5.74) is -0.455. The van der Waals surface area contributed by atoms with Crippen molar-refractivity contribution in [3.8, 4) is 5.69 Å². The van der Waals surface area contributed by atoms with Gasteiger partial charge in [0.15, 0.2) is 15.3 Å². The van der Waals surface area contributed by atoms with Gasteiger partial charge in [-0.2, -0.15) is 0 Å². The Labute approximate surface area is 114 Å². The van der Waals surface area contributed by atoms with Gasteiger partial charge in [-0.25, -0.2) is 17.2 Å². The van der Waals surface area contributed by atoms with Crippen LogP contribution in [0.2, 0.25) is 0 Å². The second-order valence-corrected chi connectivity index (χ2v) is 6.23. The second kappa shape index (κ2) is 5.16. The highest BCUT2D eigenvalue weighted by Gasteiger charge is 2.17. The number of sulfone groups is 1. The van der Waals surface area contributed by atoms with Gasteiger partial charge in [0.25, 0.3) is 6.43 Å². The summed E-state index contributed by atoms with van der Waals surface area (Å²) in [6.45, 7) is 0. The van der Waals surface area contributed by atoms with Crippen LogP contribution in [-0.4, -0.2) is 19.2 Å². The van der Waals surface area contributed by atoms with Crippen LogP contribution in [-0.2, 0) is 9.84 Å². The minimum Gasteiger partial charge on any atom is -0.322 e. The lowest BCUT2D eigenvalue weighted by Crippen LogP contribution is -2.08. The van der Waals surface area contributed by atoms with E-state index in [0.717, 1.165) is 24.5 Å². The molecule has 0 N–H and O–H groups in total. The number of pyridine rings is 1. The lowest BCUT2D eigenvalue weighted by atomic mass is 10.2. The van der Waals surface area contributed by atoms with E-state index in [1.807, 2.05) is 0 Å². The number of alkyl halides is 2. The molecule has 1 heterocycles. The van der Waals surface area contributed by atoms with Crippen LogP contribution >= 0.6 is 0 Å². The molecule has 0 amide bonds. The highest BCUT2D eigenvalue weighted by Crippen LogP contribution is 2.26. The molecule has 106 valence electrons. The van der Waals surface area contributed by atoms with Gasteiger partial charge in [0, 0.05) is 36.3 Å². The third-order valence-electron chi connectivity index (χ3n) is 2.71. The van der Waals surface area contributed by atoms with Crippen LogP contribution in [0.1, 0.15) is 12.0 Å². The summed E-state index contributed by atoms with van der Waals surface area (Å²) in [5, 5.41) is 0. The zero-order valence-electron chi connectivity index (χ0n) is 10.5. The standard InChI is InChI=1S/C13H11F2NO3S/c1-20(18,19)12-3-2-9(13(14)15)8-11(12)16-6-4-10(17)5-7-16/h2-8,13H,1H3. The van der Waals surface area contributed by atoms with E-state index >= 15 is 0 Å². The third kappa shape index (κ3) is 2.93. The Bertz CT molecular complexity index is 777. The number of hydrogen-bond donors (Lipinski definition) is 0. The van der Waals surface area contributed by atoms with E-state index in [0.29, 0.717) is 0 Å². The van der Waals surface area contributed by atoms with E-state index in [9.17, 15) is 22.0 Å². The Morgan fingerprint density at radius 1 is 1.10 bits per heavy atom. The van der Waals surface area contributed by atoms with Crippen molar-refractivity contribution in [3.63, 3.8) is 0 Å². The maximum Gasteiger partial charge on any atom is 0.263 e. The molecule has 0 saturated heterocycles. The second-order valence-electron chi connectivity index (χ2n) is 4.24. The van der Waals surface area contributed by atoms with Gasteiger partial charge in [-0.3, -0.25) is 4.79 Å². The van der Waals surface area contributed by atoms with E-state index < -0.39 is 16.3 Å². The first-order valence-electron chi connectivity index (χ1n) is 5.60. The largest absolute Gasteiger partial charge is 0.322 e. The molecule has 0 saturated carbocycles. The molecular formula is C13H11F2NO3S. The lowest BCUT2D eigenvalue weighted by molar-refractivity contribution is 0.151. The Balaban J connectivity index is 2.73. The Kier molecular flexibility index (Phi) is 3.71. The summed E-state index contributed by atoms with van der Waals surface area (Å²) in [6, 6.07) is 5.77. The maximum absolute atomic E-state index is 12.7. The average Bonchev–Trinajstić information content (AvgIpc) is 2.37. The van der Waals surface area contributed by atoms with E-state index in [1.165, 1.54) is 29.1 Å². The van der Waals surface area contributed by atoms with Crippen molar-refractivity contribution in [2.75, 3.05) is 6.26 Å². The molecule has 0 aliphatic carbocycles. The van der Waals surface area contributed by atoms with Gasteiger partial charge in [-0.05, 0) is 12.1 Å². The van der Waals surface area contributed by atoms with Crippen molar-refractivity contribution >= 4 is 9.84 Å². The summed E-state index contributed by atoms with van der Waals surface area (Å²) in [4.78, 5) is 11.0. The van der Waals surface area contributed by atoms with Gasteiger partial charge in [0.1, 0.15) is 0 Å². The predicted molar refractivity (Wildman–Crippen MR) is 70.1 cm³/mol. The molecule has 0 unspecified atom stereocenters. The number of rotatable bonds is 3. The molecule has 0 atom stereocenters. The highest BCUT2D eigenvalue weighted by atomic mass is 32.2. The maximum atomic E-state index is 12.7. The molecule has 1 aromatic carbocycles. The molecule has 0 radical (unpaired) electrons. The summed E-state index contributed by atoms with van der Waals surface area (Å²) < 4.78 is 50.2. The predicted octanol–water partition coefficient (Wildman–Crippen LogP) is 2.18. The van der Waals surface area contributed by atoms with Crippen molar-refractivity contribution in [3.05, 3.63) is 58.5 Å². The molecule has 0 bridgehead atoms. The molecule has 0 aliphatic rings. The molecular weight excluding hydrogens is 288 g/mol. The molecule has 1 aromatic heterocycles. The number of benzene rings is 1. The minimum atomic E-state index is -3.58. The van der Waals surface area contributed by atoms with E-state index in [1.54, 1.807) is 0 Å². The van der Waals surface area contributed by atoms with Crippen molar-refractivity contribution < 1.29 is 17.2 Å². The smallest absolute Gasteiger partial charge is 0.263 e. The molecule has 0 fully saturated rings. The van der Waals surface area contributed by atoms with Crippen LogP contribution in [0.5, 0.6) is 0 Å². The van der Waals surface area contributed by atoms with Crippen LogP contribution in [0.15, 0.2) is 52.4 Å². The fourth-order valence-corrected chi connectivity index (χ4v) is 2.62. The SMILES string of the molecule is CS(=O)(=O)c1ccc(C(F)F)cc1-n1ccc(=O)cc1. The molecule has 0 spiro atoms. The summed E-state index contributed by atoms with van der Waals surface area (Å²) in [7, 11) is -3.58. The quantitative estimate of drug-likeness (QED) is 0.873. The van der Waals surface area contributed by atoms with Gasteiger partial charge in [-0.1, -0.05) is 6.07 Å². The van der Waals surface area contributed by atoms with E-state index in [-0.39, 0.29) is 21.6 Å². The highest BCUT2D eigenvalue weighted by molar-refractivity contribution is 7.90. The lowest BCUT2D eigenvalue weighted by Gasteiger charge is -2.13. The molecule has 0 aliphatic heterocycles. The third-order valence-corrected chi connectivity index (χ3v) is 3.86. The van der Waals surface area contributed by atoms with Crippen LogP contribution in [0.25, 0.3) is 5.69 Å². The van der Waals surface area contributed by atoms with Gasteiger partial charge >= 0.3 is 0 Å². The fourth-order valence-electron chi connectivity index (χ4n) is 1.76. The average molecular weight is 299 g/mol. The topological polar surface area (TPSA) is 56.1 Å². The van der Waals surface area contributed by atoms with Gasteiger partial charge in [0.2, 0.25) is 0 Å². The first-order valence-corrected chi connectivity index (χ1v) is 7.49. The van der Waals surface area contributed by atoms with E-state index in [4.69, 9.17) is 0 Å². The van der Waals surface area contributed by atoms with Crippen LogP contribution < -0.4 is 5.43 Å². The number of aromatic nitrogens is 1. The molecule has 7 heteroatoms. The van der Waals surface area contributed by atoms with Gasteiger partial charge in [-0.15, -0.1) is 0 Å². The van der Waals surface area contributed by atoms with Crippen LogP contribution in [0.4, 0.5) is 8.78 Å². The Morgan fingerprint density at radius 3 is 2.20 bits per heavy atom. The first-order chi connectivity index (χ1) is 9.29. The van der Waals surface area contributed by atoms with Crippen molar-refractivity contribution in [1.29, 1.82) is 0 Å². The van der Waals surface area contributed by atoms with Gasteiger partial charge < -0.3 is 4.57 Å². The van der Waals surface area contributed by atoms with Crippen molar-refractivity contribution in [2.24, 2.45) is 0 Å². The Hall–Kier alpha value is -2.02. The zero-order valence-corrected chi connectivity index (χ0v) is 11.3. The van der Waals surface area contributed by atoms with Crippen LogP contribution in [0.3, 0.4) is 0 Å². The normalized spacial score (nSPS) is 11.8. The van der Waals surface area contributed by atoms with E-state index in [2.05, 4.69) is 0 Å². The van der Waals surface area contributed by atoms with Crippen molar-refractivity contribution in [2.45, 2.75) is 11.3 Å². The molecule has 4 nitrogen and oxygen atoms in total. The van der Waals surface area contributed by atoms with Crippen molar-refractivity contribution in [1.82, 2.24) is 4.57 Å². The summed E-state index contributed by atoms with van der Waals surface area (Å²) in [6.07, 6.45) is 0.960. The fraction of sp³-hybridized carbons (Fsp3) is 0.154. The summed E-state index contributed by atoms with van der Waals surface area (Å²) >= 11 is 0. The van der Waals surface area contributed by atoms with Gasteiger partial charge in [0.05, 0.1) is 10.6 Å². The number of halogens is 2. The molecule has 2 rings (SSSR count). The minimum absolute atomic E-state index is 0.0782. The number of nitrogens with zero attached hydrogens (tertiary/aromatic N) is 1. The Morgan fingerprint density at radius 2 is 1.70 bits per heavy atom. The monoisotopic (exact) mass is 299 g/mol. The summed E-state index contributed by atoms with van der Waals surface area (Å²) in [5.74, 6) is 0. The zero-order chi connectivity index (χ0) is 14.9. The first kappa shape index (κ1) is 14.4. The van der Waals surface area contributed by atoms with Crippen LogP contribution in [0, 0.1) is 0 Å². The molecule has 2 aromatic rings. The number of hydrogen-bond acceptors (Lipinski definition) is 3. The molecule has 20 heavy (non-hydrogen) atoms.